The smallest absolute Gasteiger partial charge is 0.243 e. The number of hydrogen-bond acceptors (Lipinski definition) is 3. The molecule has 0 fully saturated rings. The lowest BCUT2D eigenvalue weighted by atomic mass is 10.0. The predicted molar refractivity (Wildman–Crippen MR) is 112 cm³/mol. The Bertz CT molecular complexity index is 1040. The van der Waals surface area contributed by atoms with Crippen LogP contribution >= 0.6 is 11.6 Å². The number of benzene rings is 2. The van der Waals surface area contributed by atoms with Gasteiger partial charge >= 0.3 is 0 Å². The lowest BCUT2D eigenvalue weighted by Crippen LogP contribution is -2.33. The molecule has 1 heterocycles. The van der Waals surface area contributed by atoms with E-state index in [-0.39, 0.29) is 4.90 Å². The van der Waals surface area contributed by atoms with Gasteiger partial charge in [-0.25, -0.2) is 13.4 Å². The van der Waals surface area contributed by atoms with Crippen LogP contribution in [0, 0.1) is 0 Å². The number of halogens is 1. The van der Waals surface area contributed by atoms with Gasteiger partial charge < -0.3 is 4.57 Å². The Balaban J connectivity index is 2.06. The molecule has 148 valence electrons. The van der Waals surface area contributed by atoms with Crippen LogP contribution in [0.1, 0.15) is 42.8 Å². The lowest BCUT2D eigenvalue weighted by molar-refractivity contribution is 0.398. The maximum atomic E-state index is 13.4. The molecule has 5 nitrogen and oxygen atoms in total. The van der Waals surface area contributed by atoms with E-state index in [1.54, 1.807) is 43.7 Å². The van der Waals surface area contributed by atoms with E-state index in [1.165, 1.54) is 4.31 Å². The molecule has 3 rings (SSSR count). The molecule has 2 aromatic carbocycles. The number of aryl methyl sites for hydroxylation is 1. The molecule has 1 aromatic heterocycles. The highest BCUT2D eigenvalue weighted by atomic mass is 35.5. The molecule has 0 saturated heterocycles. The molecule has 0 aliphatic carbocycles. The van der Waals surface area contributed by atoms with Gasteiger partial charge in [0.1, 0.15) is 11.9 Å². The zero-order chi connectivity index (χ0) is 20.5. The highest BCUT2D eigenvalue weighted by molar-refractivity contribution is 7.89. The quantitative estimate of drug-likeness (QED) is 0.588. The van der Waals surface area contributed by atoms with Crippen LogP contribution in [0.5, 0.6) is 0 Å². The standard InChI is InChI=1S/C21H24ClN3O2S/c1-15(2)16-7-11-19(12-8-16)28(26,27)25(4)20(21-23-13-14-24(21)3)17-5-9-18(22)10-6-17/h5-15,20H,1-4H3. The van der Waals surface area contributed by atoms with Gasteiger partial charge in [-0.1, -0.05) is 49.7 Å². The van der Waals surface area contributed by atoms with E-state index >= 15 is 0 Å². The minimum absolute atomic E-state index is 0.257. The molecule has 7 heteroatoms. The van der Waals surface area contributed by atoms with Crippen molar-refractivity contribution in [1.29, 1.82) is 0 Å². The minimum Gasteiger partial charge on any atom is -0.336 e. The molecule has 0 bridgehead atoms. The second kappa shape index (κ2) is 8.07. The predicted octanol–water partition coefficient (Wildman–Crippen LogP) is 4.61. The molecule has 0 saturated carbocycles. The summed E-state index contributed by atoms with van der Waals surface area (Å²) in [4.78, 5) is 4.66. The first-order valence-corrected chi connectivity index (χ1v) is 10.8. The van der Waals surface area contributed by atoms with Crippen molar-refractivity contribution >= 4 is 21.6 Å². The third-order valence-electron chi connectivity index (χ3n) is 4.88. The van der Waals surface area contributed by atoms with Gasteiger partial charge in [-0.15, -0.1) is 0 Å². The van der Waals surface area contributed by atoms with Crippen molar-refractivity contribution < 1.29 is 8.42 Å². The average Bonchev–Trinajstić information content (AvgIpc) is 3.09. The summed E-state index contributed by atoms with van der Waals surface area (Å²) in [7, 11) is -0.301. The summed E-state index contributed by atoms with van der Waals surface area (Å²) in [6.45, 7) is 4.15. The first kappa shape index (κ1) is 20.6. The van der Waals surface area contributed by atoms with Gasteiger partial charge in [-0.2, -0.15) is 4.31 Å². The van der Waals surface area contributed by atoms with Crippen LogP contribution in [0.25, 0.3) is 0 Å². The molecule has 28 heavy (non-hydrogen) atoms. The third-order valence-corrected chi connectivity index (χ3v) is 6.97. The largest absolute Gasteiger partial charge is 0.336 e. The average molecular weight is 418 g/mol. The van der Waals surface area contributed by atoms with Crippen molar-refractivity contribution in [3.8, 4) is 0 Å². The zero-order valence-corrected chi connectivity index (χ0v) is 17.9. The molecular formula is C21H24ClN3O2S. The van der Waals surface area contributed by atoms with Crippen molar-refractivity contribution in [2.75, 3.05) is 7.05 Å². The Morgan fingerprint density at radius 2 is 1.57 bits per heavy atom. The molecule has 0 amide bonds. The van der Waals surface area contributed by atoms with E-state index in [9.17, 15) is 8.42 Å². The van der Waals surface area contributed by atoms with E-state index in [2.05, 4.69) is 18.8 Å². The maximum Gasteiger partial charge on any atom is 0.243 e. The Morgan fingerprint density at radius 3 is 2.07 bits per heavy atom. The number of imidazole rings is 1. The van der Waals surface area contributed by atoms with E-state index < -0.39 is 16.1 Å². The fourth-order valence-electron chi connectivity index (χ4n) is 3.14. The molecule has 1 unspecified atom stereocenters. The van der Waals surface area contributed by atoms with Crippen LogP contribution in [0.15, 0.2) is 65.8 Å². The van der Waals surface area contributed by atoms with Gasteiger partial charge in [-0.05, 0) is 41.3 Å². The second-order valence-corrected chi connectivity index (χ2v) is 9.53. The van der Waals surface area contributed by atoms with Crippen LogP contribution < -0.4 is 0 Å². The summed E-state index contributed by atoms with van der Waals surface area (Å²) in [5.41, 5.74) is 1.89. The number of sulfonamides is 1. The maximum absolute atomic E-state index is 13.4. The highest BCUT2D eigenvalue weighted by Gasteiger charge is 2.32. The van der Waals surface area contributed by atoms with Crippen LogP contribution in [-0.2, 0) is 17.1 Å². The van der Waals surface area contributed by atoms with Gasteiger partial charge in [0.2, 0.25) is 10.0 Å². The van der Waals surface area contributed by atoms with Crippen LogP contribution in [0.2, 0.25) is 5.02 Å². The molecule has 1 atom stereocenters. The molecule has 0 radical (unpaired) electrons. The SMILES string of the molecule is CC(C)c1ccc(S(=O)(=O)N(C)C(c2ccc(Cl)cc2)c2nccn2C)cc1. The van der Waals surface area contributed by atoms with Crippen LogP contribution in [0.3, 0.4) is 0 Å². The summed E-state index contributed by atoms with van der Waals surface area (Å²) < 4.78 is 29.9. The number of hydrogen-bond donors (Lipinski definition) is 0. The fourth-order valence-corrected chi connectivity index (χ4v) is 4.57. The van der Waals surface area contributed by atoms with Crippen molar-refractivity contribution in [3.63, 3.8) is 0 Å². The second-order valence-electron chi connectivity index (χ2n) is 7.10. The van der Waals surface area contributed by atoms with Gasteiger partial charge in [0, 0.05) is 31.5 Å². The Kier molecular flexibility index (Phi) is 5.93. The summed E-state index contributed by atoms with van der Waals surface area (Å²) in [6, 6.07) is 13.6. The molecule has 3 aromatic rings. The first-order chi connectivity index (χ1) is 13.2. The summed E-state index contributed by atoms with van der Waals surface area (Å²) >= 11 is 6.03. The van der Waals surface area contributed by atoms with E-state index in [0.717, 1.165) is 11.1 Å². The van der Waals surface area contributed by atoms with Crippen LogP contribution in [-0.4, -0.2) is 29.3 Å². The molecule has 0 spiro atoms. The van der Waals surface area contributed by atoms with E-state index in [1.807, 2.05) is 35.9 Å². The van der Waals surface area contributed by atoms with Gasteiger partial charge in [0.05, 0.1) is 4.90 Å². The number of aromatic nitrogens is 2. The topological polar surface area (TPSA) is 55.2 Å². The summed E-state index contributed by atoms with van der Waals surface area (Å²) in [5, 5.41) is 0.595. The van der Waals surface area contributed by atoms with Gasteiger partial charge in [-0.3, -0.25) is 0 Å². The number of nitrogens with zero attached hydrogens (tertiary/aromatic N) is 3. The molecular weight excluding hydrogens is 394 g/mol. The first-order valence-electron chi connectivity index (χ1n) is 9.02. The minimum atomic E-state index is -3.73. The van der Waals surface area contributed by atoms with Gasteiger partial charge in [0.15, 0.2) is 0 Å². The highest BCUT2D eigenvalue weighted by Crippen LogP contribution is 2.32. The van der Waals surface area contributed by atoms with Gasteiger partial charge in [0.25, 0.3) is 0 Å². The molecule has 0 aliphatic rings. The Hall–Kier alpha value is -2.15. The van der Waals surface area contributed by atoms with Crippen molar-refractivity contribution in [3.05, 3.63) is 82.9 Å². The van der Waals surface area contributed by atoms with E-state index in [4.69, 9.17) is 11.6 Å². The van der Waals surface area contributed by atoms with Crippen molar-refractivity contribution in [2.24, 2.45) is 7.05 Å². The third kappa shape index (κ3) is 3.99. The zero-order valence-electron chi connectivity index (χ0n) is 16.4. The lowest BCUT2D eigenvalue weighted by Gasteiger charge is -2.28. The Morgan fingerprint density at radius 1 is 1.00 bits per heavy atom. The molecule has 0 N–H and O–H groups in total. The fraction of sp³-hybridized carbons (Fsp3) is 0.286. The van der Waals surface area contributed by atoms with Crippen LogP contribution in [0.4, 0.5) is 0 Å². The van der Waals surface area contributed by atoms with Crippen molar-refractivity contribution in [2.45, 2.75) is 30.7 Å². The van der Waals surface area contributed by atoms with E-state index in [0.29, 0.717) is 16.8 Å². The number of rotatable bonds is 6. The monoisotopic (exact) mass is 417 g/mol. The normalized spacial score (nSPS) is 13.2. The Labute approximate surface area is 171 Å². The summed E-state index contributed by atoms with van der Waals surface area (Å²) in [5.74, 6) is 0.969. The molecule has 0 aliphatic heterocycles. The summed E-state index contributed by atoms with van der Waals surface area (Å²) in [6.07, 6.45) is 3.46. The van der Waals surface area contributed by atoms with Crippen molar-refractivity contribution in [1.82, 2.24) is 13.9 Å².